The monoisotopic (exact) mass is 705 g/mol. The molecule has 0 bridgehead atoms. The van der Waals surface area contributed by atoms with Gasteiger partial charge in [-0.1, -0.05) is 167 Å². The SMILES string of the molecule is CC1(C)c2ccccc2-c2cc(-c3cccc(N(c4ccccc4)c4cccc(-c5ccc6c7ccccc7c7ccccc7c6c5)c4)c3)ccc2C1(C)C. The molecule has 0 fully saturated rings. The van der Waals surface area contributed by atoms with Gasteiger partial charge in [0.2, 0.25) is 0 Å². The molecule has 1 heteroatoms. The zero-order valence-electron chi connectivity index (χ0n) is 31.8. The summed E-state index contributed by atoms with van der Waals surface area (Å²) >= 11 is 0. The van der Waals surface area contributed by atoms with Crippen molar-refractivity contribution in [2.45, 2.75) is 38.5 Å². The first-order valence-electron chi connectivity index (χ1n) is 19.4. The van der Waals surface area contributed by atoms with Crippen LogP contribution in [0.3, 0.4) is 0 Å². The third-order valence-electron chi connectivity index (χ3n) is 12.8. The number of anilines is 3. The number of fused-ring (bicyclic) bond motifs is 9. The summed E-state index contributed by atoms with van der Waals surface area (Å²) in [4.78, 5) is 2.39. The summed E-state index contributed by atoms with van der Waals surface area (Å²) in [7, 11) is 0. The predicted octanol–water partition coefficient (Wildman–Crippen LogP) is 15.2. The van der Waals surface area contributed by atoms with Crippen LogP contribution in [0.2, 0.25) is 0 Å². The molecule has 1 nitrogen and oxygen atoms in total. The molecule has 0 saturated heterocycles. The fraction of sp³-hybridized carbons (Fsp3) is 0.111. The van der Waals surface area contributed by atoms with Gasteiger partial charge in [0.25, 0.3) is 0 Å². The Hall–Kier alpha value is -6.44. The molecular weight excluding hydrogens is 663 g/mol. The van der Waals surface area contributed by atoms with Crippen molar-refractivity contribution in [1.82, 2.24) is 0 Å². The molecule has 0 radical (unpaired) electrons. The smallest absolute Gasteiger partial charge is 0.0467 e. The third kappa shape index (κ3) is 5.22. The van der Waals surface area contributed by atoms with Gasteiger partial charge >= 0.3 is 0 Å². The van der Waals surface area contributed by atoms with Gasteiger partial charge in [-0.25, -0.2) is 0 Å². The molecule has 0 spiro atoms. The quantitative estimate of drug-likeness (QED) is 0.161. The molecule has 0 aromatic heterocycles. The Balaban J connectivity index is 1.09. The molecule has 0 atom stereocenters. The molecule has 0 unspecified atom stereocenters. The summed E-state index contributed by atoms with van der Waals surface area (Å²) in [5.41, 5.74) is 13.7. The standard InChI is InChI=1S/C54H43N/c1-53(2)51-27-13-12-26-48(51)50-35-39(29-31-52(50)54(53,3)4)37-17-15-21-42(33-37)55(40-18-6-5-7-19-40)41-20-14-16-36(32-41)38-28-30-47-45-24-9-8-22-43(45)44-23-10-11-25-46(44)49(47)34-38/h5-35H,1-4H3. The lowest BCUT2D eigenvalue weighted by Gasteiger charge is -2.48. The summed E-state index contributed by atoms with van der Waals surface area (Å²) < 4.78 is 0. The van der Waals surface area contributed by atoms with E-state index in [1.165, 1.54) is 76.8 Å². The molecular formula is C54H43N. The first-order valence-corrected chi connectivity index (χ1v) is 19.4. The molecule has 9 aromatic rings. The van der Waals surface area contributed by atoms with Gasteiger partial charge in [-0.3, -0.25) is 0 Å². The number of para-hydroxylation sites is 1. The molecule has 0 heterocycles. The zero-order valence-corrected chi connectivity index (χ0v) is 31.8. The largest absolute Gasteiger partial charge is 0.310 e. The normalized spacial score (nSPS) is 14.1. The van der Waals surface area contributed by atoms with E-state index in [1.54, 1.807) is 0 Å². The predicted molar refractivity (Wildman–Crippen MR) is 236 cm³/mol. The van der Waals surface area contributed by atoms with Gasteiger partial charge in [-0.2, -0.15) is 0 Å². The minimum absolute atomic E-state index is 0.0117. The van der Waals surface area contributed by atoms with Gasteiger partial charge in [0.15, 0.2) is 0 Å². The molecule has 1 aliphatic rings. The van der Waals surface area contributed by atoms with Crippen LogP contribution in [-0.4, -0.2) is 0 Å². The van der Waals surface area contributed by atoms with Gasteiger partial charge in [0.05, 0.1) is 0 Å². The maximum absolute atomic E-state index is 2.42. The van der Waals surface area contributed by atoms with Crippen molar-refractivity contribution in [1.29, 1.82) is 0 Å². The fourth-order valence-corrected chi connectivity index (χ4v) is 9.19. The van der Waals surface area contributed by atoms with Crippen LogP contribution in [0.5, 0.6) is 0 Å². The maximum atomic E-state index is 2.42. The molecule has 0 saturated carbocycles. The second kappa shape index (κ2) is 12.6. The molecule has 9 aromatic carbocycles. The van der Waals surface area contributed by atoms with Crippen molar-refractivity contribution in [2.24, 2.45) is 0 Å². The Morgan fingerprint density at radius 3 is 1.35 bits per heavy atom. The number of hydrogen-bond donors (Lipinski definition) is 0. The number of nitrogens with zero attached hydrogens (tertiary/aromatic N) is 1. The van der Waals surface area contributed by atoms with Gasteiger partial charge in [-0.15, -0.1) is 0 Å². The van der Waals surface area contributed by atoms with Crippen molar-refractivity contribution in [3.05, 3.63) is 199 Å². The molecule has 1 aliphatic carbocycles. The highest BCUT2D eigenvalue weighted by atomic mass is 15.1. The van der Waals surface area contributed by atoms with Crippen LogP contribution in [0.15, 0.2) is 188 Å². The Morgan fingerprint density at radius 2 is 0.727 bits per heavy atom. The van der Waals surface area contributed by atoms with E-state index in [-0.39, 0.29) is 10.8 Å². The van der Waals surface area contributed by atoms with E-state index in [0.29, 0.717) is 0 Å². The van der Waals surface area contributed by atoms with E-state index in [2.05, 4.69) is 221 Å². The van der Waals surface area contributed by atoms with Gasteiger partial charge in [-0.05, 0) is 136 Å². The van der Waals surface area contributed by atoms with Crippen LogP contribution >= 0.6 is 0 Å². The first-order chi connectivity index (χ1) is 26.8. The van der Waals surface area contributed by atoms with Crippen LogP contribution in [-0.2, 0) is 10.8 Å². The molecule has 264 valence electrons. The van der Waals surface area contributed by atoms with Gasteiger partial charge in [0, 0.05) is 17.1 Å². The lowest BCUT2D eigenvalue weighted by atomic mass is 9.55. The Bertz CT molecular complexity index is 2900. The second-order valence-corrected chi connectivity index (χ2v) is 16.2. The van der Waals surface area contributed by atoms with E-state index in [0.717, 1.165) is 17.1 Å². The number of rotatable bonds is 5. The lowest BCUT2D eigenvalue weighted by Crippen LogP contribution is -2.43. The van der Waals surface area contributed by atoms with Crippen LogP contribution in [0.4, 0.5) is 17.1 Å². The van der Waals surface area contributed by atoms with E-state index in [1.807, 2.05) is 0 Å². The number of benzene rings is 9. The van der Waals surface area contributed by atoms with E-state index in [9.17, 15) is 0 Å². The Labute approximate surface area is 324 Å². The molecule has 0 N–H and O–H groups in total. The van der Waals surface area contributed by atoms with Crippen LogP contribution < -0.4 is 4.90 Å². The lowest BCUT2D eigenvalue weighted by molar-refractivity contribution is 0.299. The summed E-state index contributed by atoms with van der Waals surface area (Å²) in [6.45, 7) is 9.58. The summed E-state index contributed by atoms with van der Waals surface area (Å²) in [6, 6.07) is 69.4. The Kier molecular flexibility index (Phi) is 7.58. The highest BCUT2D eigenvalue weighted by Crippen LogP contribution is 2.54. The van der Waals surface area contributed by atoms with E-state index in [4.69, 9.17) is 0 Å². The highest BCUT2D eigenvalue weighted by molar-refractivity contribution is 6.25. The third-order valence-corrected chi connectivity index (χ3v) is 12.8. The van der Waals surface area contributed by atoms with Crippen molar-refractivity contribution in [2.75, 3.05) is 4.90 Å². The highest BCUT2D eigenvalue weighted by Gasteiger charge is 2.45. The summed E-state index contributed by atoms with van der Waals surface area (Å²) in [5, 5.41) is 7.74. The second-order valence-electron chi connectivity index (χ2n) is 16.2. The van der Waals surface area contributed by atoms with Crippen molar-refractivity contribution < 1.29 is 0 Å². The van der Waals surface area contributed by atoms with Crippen LogP contribution in [0.25, 0.3) is 65.7 Å². The summed E-state index contributed by atoms with van der Waals surface area (Å²) in [5.74, 6) is 0. The van der Waals surface area contributed by atoms with Crippen molar-refractivity contribution in [3.63, 3.8) is 0 Å². The molecule has 0 amide bonds. The average molecular weight is 706 g/mol. The molecule has 0 aliphatic heterocycles. The van der Waals surface area contributed by atoms with E-state index >= 15 is 0 Å². The van der Waals surface area contributed by atoms with Gasteiger partial charge in [0.1, 0.15) is 0 Å². The van der Waals surface area contributed by atoms with Crippen LogP contribution in [0, 0.1) is 0 Å². The molecule has 10 rings (SSSR count). The molecule has 55 heavy (non-hydrogen) atoms. The Morgan fingerprint density at radius 1 is 0.291 bits per heavy atom. The zero-order chi connectivity index (χ0) is 37.3. The average Bonchev–Trinajstić information content (AvgIpc) is 3.23. The maximum Gasteiger partial charge on any atom is 0.0467 e. The van der Waals surface area contributed by atoms with Crippen LogP contribution in [0.1, 0.15) is 38.8 Å². The van der Waals surface area contributed by atoms with Gasteiger partial charge < -0.3 is 4.90 Å². The summed E-state index contributed by atoms with van der Waals surface area (Å²) in [6.07, 6.45) is 0. The van der Waals surface area contributed by atoms with Crippen molar-refractivity contribution >= 4 is 49.4 Å². The number of hydrogen-bond acceptors (Lipinski definition) is 1. The minimum atomic E-state index is -0.0158. The minimum Gasteiger partial charge on any atom is -0.310 e. The topological polar surface area (TPSA) is 3.24 Å². The van der Waals surface area contributed by atoms with Crippen molar-refractivity contribution in [3.8, 4) is 33.4 Å². The first kappa shape index (κ1) is 33.2. The van der Waals surface area contributed by atoms with E-state index < -0.39 is 0 Å². The fourth-order valence-electron chi connectivity index (χ4n) is 9.19.